The van der Waals surface area contributed by atoms with Crippen LogP contribution in [0.5, 0.6) is 0 Å². The zero-order valence-corrected chi connectivity index (χ0v) is 12.0. The van der Waals surface area contributed by atoms with Gasteiger partial charge in [0.15, 0.2) is 0 Å². The van der Waals surface area contributed by atoms with Crippen molar-refractivity contribution in [1.29, 1.82) is 0 Å². The Labute approximate surface area is 120 Å². The van der Waals surface area contributed by atoms with Crippen LogP contribution >= 0.6 is 0 Å². The van der Waals surface area contributed by atoms with Gasteiger partial charge in [-0.1, -0.05) is 12.1 Å². The molecule has 1 aliphatic heterocycles. The zero-order chi connectivity index (χ0) is 14.4. The molecule has 2 rings (SSSR count). The quantitative estimate of drug-likeness (QED) is 0.806. The van der Waals surface area contributed by atoms with Gasteiger partial charge in [0.25, 0.3) is 0 Å². The van der Waals surface area contributed by atoms with E-state index < -0.39 is 0 Å². The lowest BCUT2D eigenvalue weighted by molar-refractivity contribution is 0.211. The summed E-state index contributed by atoms with van der Waals surface area (Å²) in [6.45, 7) is 2.39. The van der Waals surface area contributed by atoms with Gasteiger partial charge in [-0.25, -0.2) is 4.39 Å². The van der Waals surface area contributed by atoms with Gasteiger partial charge in [-0.15, -0.1) is 0 Å². The molecule has 1 aliphatic rings. The molecule has 112 valence electrons. The van der Waals surface area contributed by atoms with Crippen LogP contribution in [-0.4, -0.2) is 35.7 Å². The molecule has 3 nitrogen and oxygen atoms in total. The minimum Gasteiger partial charge on any atom is -0.396 e. The Balaban J connectivity index is 1.80. The Morgan fingerprint density at radius 1 is 1.35 bits per heavy atom. The first-order valence-electron chi connectivity index (χ1n) is 7.56. The summed E-state index contributed by atoms with van der Waals surface area (Å²) >= 11 is 0. The molecule has 20 heavy (non-hydrogen) atoms. The average Bonchev–Trinajstić information content (AvgIpc) is 2.90. The summed E-state index contributed by atoms with van der Waals surface area (Å²) in [6, 6.07) is 7.04. The van der Waals surface area contributed by atoms with Crippen LogP contribution in [0.4, 0.5) is 4.39 Å². The zero-order valence-electron chi connectivity index (χ0n) is 12.0. The molecule has 3 N–H and O–H groups in total. The van der Waals surface area contributed by atoms with E-state index in [4.69, 9.17) is 10.8 Å². The standard InChI is InChI=1S/C16H25FN2O/c17-14-7-5-13(6-8-14)16(18)9-11-19-10-1-3-15(19)4-2-12-20/h5-8,15-16,20H,1-4,9-12,18H2. The highest BCUT2D eigenvalue weighted by Crippen LogP contribution is 2.23. The van der Waals surface area contributed by atoms with E-state index in [0.717, 1.165) is 37.9 Å². The van der Waals surface area contributed by atoms with Crippen molar-refractivity contribution in [3.05, 3.63) is 35.6 Å². The van der Waals surface area contributed by atoms with Crippen LogP contribution in [0.1, 0.15) is 43.7 Å². The lowest BCUT2D eigenvalue weighted by Crippen LogP contribution is -2.32. The second kappa shape index (κ2) is 7.72. The second-order valence-electron chi connectivity index (χ2n) is 5.64. The molecule has 4 heteroatoms. The Kier molecular flexibility index (Phi) is 5.95. The number of aliphatic hydroxyl groups excluding tert-OH is 1. The Morgan fingerprint density at radius 3 is 2.80 bits per heavy atom. The third-order valence-corrected chi connectivity index (χ3v) is 4.22. The van der Waals surface area contributed by atoms with Gasteiger partial charge in [-0.05, 0) is 56.3 Å². The van der Waals surface area contributed by atoms with Crippen molar-refractivity contribution in [3.8, 4) is 0 Å². The van der Waals surface area contributed by atoms with E-state index in [0.29, 0.717) is 6.04 Å². The van der Waals surface area contributed by atoms with Crippen LogP contribution in [0.3, 0.4) is 0 Å². The first-order valence-corrected chi connectivity index (χ1v) is 7.56. The average molecular weight is 280 g/mol. The normalized spacial score (nSPS) is 21.2. The summed E-state index contributed by atoms with van der Waals surface area (Å²) in [5, 5.41) is 8.93. The molecule has 1 fully saturated rings. The van der Waals surface area contributed by atoms with Crippen LogP contribution in [0.2, 0.25) is 0 Å². The van der Waals surface area contributed by atoms with E-state index >= 15 is 0 Å². The second-order valence-corrected chi connectivity index (χ2v) is 5.64. The summed E-state index contributed by atoms with van der Waals surface area (Å²) in [4.78, 5) is 2.49. The van der Waals surface area contributed by atoms with Gasteiger partial charge < -0.3 is 15.7 Å². The summed E-state index contributed by atoms with van der Waals surface area (Å²) in [6.07, 6.45) is 5.31. The number of nitrogens with zero attached hydrogens (tertiary/aromatic N) is 1. The molecule has 0 aliphatic carbocycles. The molecular formula is C16H25FN2O. The first-order chi connectivity index (χ1) is 9.70. The first kappa shape index (κ1) is 15.4. The minimum atomic E-state index is -0.218. The third-order valence-electron chi connectivity index (χ3n) is 4.22. The van der Waals surface area contributed by atoms with Gasteiger partial charge in [-0.3, -0.25) is 0 Å². The number of rotatable bonds is 7. The fraction of sp³-hybridized carbons (Fsp3) is 0.625. The molecule has 0 radical (unpaired) electrons. The van der Waals surface area contributed by atoms with Gasteiger partial charge in [0.1, 0.15) is 5.82 Å². The van der Waals surface area contributed by atoms with Crippen molar-refractivity contribution in [3.63, 3.8) is 0 Å². The predicted octanol–water partition coefficient (Wildman–Crippen LogP) is 2.45. The Hall–Kier alpha value is -0.970. The highest BCUT2D eigenvalue weighted by atomic mass is 19.1. The maximum Gasteiger partial charge on any atom is 0.123 e. The molecule has 0 saturated carbocycles. The fourth-order valence-electron chi connectivity index (χ4n) is 3.02. The molecule has 2 atom stereocenters. The van der Waals surface area contributed by atoms with E-state index in [9.17, 15) is 4.39 Å². The van der Waals surface area contributed by atoms with Crippen molar-refractivity contribution < 1.29 is 9.50 Å². The molecule has 2 unspecified atom stereocenters. The number of aliphatic hydroxyl groups is 1. The largest absolute Gasteiger partial charge is 0.396 e. The summed E-state index contributed by atoms with van der Waals surface area (Å²) in [7, 11) is 0. The molecule has 0 spiro atoms. The van der Waals surface area contributed by atoms with Gasteiger partial charge in [-0.2, -0.15) is 0 Å². The lowest BCUT2D eigenvalue weighted by Gasteiger charge is -2.25. The van der Waals surface area contributed by atoms with Crippen LogP contribution in [-0.2, 0) is 0 Å². The maximum atomic E-state index is 12.9. The lowest BCUT2D eigenvalue weighted by atomic mass is 10.0. The molecule has 1 saturated heterocycles. The SMILES string of the molecule is NC(CCN1CCCC1CCCO)c1ccc(F)cc1. The summed E-state index contributed by atoms with van der Waals surface area (Å²) in [5.74, 6) is -0.218. The fourth-order valence-corrected chi connectivity index (χ4v) is 3.02. The van der Waals surface area contributed by atoms with E-state index in [1.807, 2.05) is 0 Å². The predicted molar refractivity (Wildman–Crippen MR) is 78.9 cm³/mol. The maximum absolute atomic E-state index is 12.9. The van der Waals surface area contributed by atoms with E-state index in [2.05, 4.69) is 4.90 Å². The van der Waals surface area contributed by atoms with Crippen molar-refractivity contribution in [1.82, 2.24) is 4.90 Å². The Bertz CT molecular complexity index is 396. The van der Waals surface area contributed by atoms with Crippen molar-refractivity contribution in [2.45, 2.75) is 44.2 Å². The van der Waals surface area contributed by atoms with Crippen molar-refractivity contribution >= 4 is 0 Å². The number of nitrogens with two attached hydrogens (primary N) is 1. The van der Waals surface area contributed by atoms with Crippen LogP contribution in [0.15, 0.2) is 24.3 Å². The highest BCUT2D eigenvalue weighted by molar-refractivity contribution is 5.19. The third kappa shape index (κ3) is 4.27. The molecule has 0 aromatic heterocycles. The van der Waals surface area contributed by atoms with Gasteiger partial charge in [0.05, 0.1) is 0 Å². The molecule has 1 aromatic rings. The van der Waals surface area contributed by atoms with E-state index in [1.54, 1.807) is 12.1 Å². The number of halogens is 1. The number of hydrogen-bond donors (Lipinski definition) is 2. The topological polar surface area (TPSA) is 49.5 Å². The summed E-state index contributed by atoms with van der Waals surface area (Å²) in [5.41, 5.74) is 7.18. The monoisotopic (exact) mass is 280 g/mol. The molecule has 1 aromatic carbocycles. The van der Waals surface area contributed by atoms with Gasteiger partial charge in [0, 0.05) is 25.2 Å². The van der Waals surface area contributed by atoms with E-state index in [-0.39, 0.29) is 18.5 Å². The van der Waals surface area contributed by atoms with Gasteiger partial charge in [0.2, 0.25) is 0 Å². The van der Waals surface area contributed by atoms with Crippen LogP contribution in [0.25, 0.3) is 0 Å². The number of benzene rings is 1. The number of likely N-dealkylation sites (tertiary alicyclic amines) is 1. The van der Waals surface area contributed by atoms with Gasteiger partial charge >= 0.3 is 0 Å². The van der Waals surface area contributed by atoms with Crippen LogP contribution < -0.4 is 5.73 Å². The summed E-state index contributed by atoms with van der Waals surface area (Å²) < 4.78 is 12.9. The number of hydrogen-bond acceptors (Lipinski definition) is 3. The molecule has 1 heterocycles. The van der Waals surface area contributed by atoms with E-state index in [1.165, 1.54) is 25.0 Å². The Morgan fingerprint density at radius 2 is 2.10 bits per heavy atom. The minimum absolute atomic E-state index is 0.0327. The van der Waals surface area contributed by atoms with Crippen molar-refractivity contribution in [2.75, 3.05) is 19.7 Å². The van der Waals surface area contributed by atoms with Crippen LogP contribution in [0, 0.1) is 5.82 Å². The molecule has 0 bridgehead atoms. The van der Waals surface area contributed by atoms with Crippen molar-refractivity contribution in [2.24, 2.45) is 5.73 Å². The molecular weight excluding hydrogens is 255 g/mol. The molecule has 0 amide bonds. The smallest absolute Gasteiger partial charge is 0.123 e. The highest BCUT2D eigenvalue weighted by Gasteiger charge is 2.24.